The van der Waals surface area contributed by atoms with Gasteiger partial charge in [0.2, 0.25) is 5.91 Å². The van der Waals surface area contributed by atoms with Crippen molar-refractivity contribution in [1.82, 2.24) is 20.0 Å². The molecule has 1 aromatic heterocycles. The van der Waals surface area contributed by atoms with E-state index in [9.17, 15) is 18.0 Å². The summed E-state index contributed by atoms with van der Waals surface area (Å²) in [4.78, 5) is 26.1. The highest BCUT2D eigenvalue weighted by Gasteiger charge is 2.32. The van der Waals surface area contributed by atoms with Gasteiger partial charge in [-0.25, -0.2) is 18.1 Å². The van der Waals surface area contributed by atoms with Crippen LogP contribution >= 0.6 is 0 Å². The number of hydrogen-bond donors (Lipinski definition) is 2. The van der Waals surface area contributed by atoms with Gasteiger partial charge in [0.15, 0.2) is 16.5 Å². The minimum absolute atomic E-state index is 0.109. The lowest BCUT2D eigenvalue weighted by Gasteiger charge is -2.27. The molecular formula is C16H26N5O4S+. The second-order valence-electron chi connectivity index (χ2n) is 7.25. The Hall–Kier alpha value is -1.94. The second-order valence-corrected chi connectivity index (χ2v) is 9.48. The first-order chi connectivity index (χ1) is 12.2. The number of imide groups is 1. The van der Waals surface area contributed by atoms with Crippen molar-refractivity contribution >= 4 is 21.8 Å². The molecule has 3 heterocycles. The molecule has 2 saturated heterocycles. The molecule has 144 valence electrons. The number of nitrogens with zero attached hydrogens (tertiary/aromatic N) is 3. The van der Waals surface area contributed by atoms with E-state index < -0.39 is 9.84 Å². The summed E-state index contributed by atoms with van der Waals surface area (Å²) >= 11 is 0. The van der Waals surface area contributed by atoms with E-state index in [0.29, 0.717) is 25.9 Å². The van der Waals surface area contributed by atoms with Crippen LogP contribution in [0.15, 0.2) is 0 Å². The Morgan fingerprint density at radius 3 is 2.65 bits per heavy atom. The van der Waals surface area contributed by atoms with Gasteiger partial charge in [0.05, 0.1) is 35.9 Å². The van der Waals surface area contributed by atoms with Crippen LogP contribution in [0.1, 0.15) is 35.8 Å². The molecule has 1 unspecified atom stereocenters. The maximum atomic E-state index is 11.9. The summed E-state index contributed by atoms with van der Waals surface area (Å²) in [5, 5.41) is 7.25. The highest BCUT2D eigenvalue weighted by molar-refractivity contribution is 7.91. The molecule has 2 aliphatic heterocycles. The van der Waals surface area contributed by atoms with Crippen molar-refractivity contribution in [3.8, 4) is 0 Å². The van der Waals surface area contributed by atoms with Crippen LogP contribution in [0.2, 0.25) is 0 Å². The molecule has 2 fully saturated rings. The number of nitrogens with one attached hydrogen (secondary N) is 2. The zero-order valence-electron chi connectivity index (χ0n) is 15.4. The maximum absolute atomic E-state index is 11.9. The Morgan fingerprint density at radius 2 is 2.04 bits per heavy atom. The van der Waals surface area contributed by atoms with E-state index in [1.165, 1.54) is 4.90 Å². The summed E-state index contributed by atoms with van der Waals surface area (Å²) in [5.41, 5.74) is 2.86. The van der Waals surface area contributed by atoms with Crippen LogP contribution in [-0.4, -0.2) is 66.8 Å². The molecule has 2 N–H and O–H groups in total. The first kappa shape index (κ1) is 18.8. The Morgan fingerprint density at radius 1 is 1.31 bits per heavy atom. The fourth-order valence-electron chi connectivity index (χ4n) is 3.68. The summed E-state index contributed by atoms with van der Waals surface area (Å²) in [6.45, 7) is 5.14. The first-order valence-electron chi connectivity index (χ1n) is 8.82. The number of aromatic nitrogens is 2. The van der Waals surface area contributed by atoms with E-state index in [0.717, 1.165) is 21.9 Å². The van der Waals surface area contributed by atoms with Gasteiger partial charge in [-0.2, -0.15) is 5.10 Å². The first-order valence-corrected chi connectivity index (χ1v) is 10.6. The van der Waals surface area contributed by atoms with Crippen molar-refractivity contribution in [1.29, 1.82) is 0 Å². The molecule has 0 radical (unpaired) electrons. The largest absolute Gasteiger partial charge is 0.337 e. The second kappa shape index (κ2) is 6.99. The Labute approximate surface area is 153 Å². The van der Waals surface area contributed by atoms with Crippen molar-refractivity contribution < 1.29 is 22.9 Å². The highest BCUT2D eigenvalue weighted by Crippen LogP contribution is 2.26. The highest BCUT2D eigenvalue weighted by atomic mass is 32.2. The summed E-state index contributed by atoms with van der Waals surface area (Å²) in [6.07, 6.45) is 0.917. The lowest BCUT2D eigenvalue weighted by Crippen LogP contribution is -3.09. The van der Waals surface area contributed by atoms with Crippen LogP contribution < -0.4 is 10.2 Å². The molecule has 9 nitrogen and oxygen atoms in total. The number of carbonyl (C=O) groups excluding carboxylic acids is 2. The summed E-state index contributed by atoms with van der Waals surface area (Å²) in [7, 11) is -1.05. The van der Waals surface area contributed by atoms with E-state index >= 15 is 0 Å². The third kappa shape index (κ3) is 3.75. The van der Waals surface area contributed by atoms with Gasteiger partial charge in [-0.3, -0.25) is 9.48 Å². The molecule has 0 aromatic carbocycles. The van der Waals surface area contributed by atoms with Gasteiger partial charge < -0.3 is 10.2 Å². The Balaban J connectivity index is 1.72. The lowest BCUT2D eigenvalue weighted by molar-refractivity contribution is -0.901. The minimum Gasteiger partial charge on any atom is -0.337 e. The third-order valence-electron chi connectivity index (χ3n) is 5.10. The van der Waals surface area contributed by atoms with Gasteiger partial charge >= 0.3 is 6.03 Å². The topological polar surface area (TPSA) is 106 Å². The number of amides is 3. The normalized spacial score (nSPS) is 24.0. The van der Waals surface area contributed by atoms with Crippen molar-refractivity contribution in [2.45, 2.75) is 39.3 Å². The van der Waals surface area contributed by atoms with Gasteiger partial charge in [0.1, 0.15) is 6.54 Å². The molecule has 26 heavy (non-hydrogen) atoms. The number of sulfone groups is 1. The average molecular weight is 384 g/mol. The zero-order valence-corrected chi connectivity index (χ0v) is 16.2. The molecule has 2 atom stereocenters. The predicted octanol–water partition coefficient (Wildman–Crippen LogP) is -1.23. The third-order valence-corrected chi connectivity index (χ3v) is 6.85. The van der Waals surface area contributed by atoms with E-state index in [4.69, 9.17) is 0 Å². The summed E-state index contributed by atoms with van der Waals surface area (Å²) in [5.74, 6) is 0.191. The van der Waals surface area contributed by atoms with Crippen LogP contribution in [0.25, 0.3) is 0 Å². The molecular weight excluding hydrogens is 358 g/mol. The standard InChI is InChI=1S/C16H25N5O4S/c1-11-14(8-19(3)10-20-15(22)4-6-17-16(20)23)12(2)21(18-11)13-5-7-26(24,25)9-13/h13H,4-10H2,1-3H3,(H,17,23)/p+1/t13-/m1/s1. The monoisotopic (exact) mass is 384 g/mol. The molecule has 0 aliphatic carbocycles. The Bertz CT molecular complexity index is 816. The molecule has 10 heteroatoms. The lowest BCUT2D eigenvalue weighted by atomic mass is 10.1. The molecule has 3 amide bonds. The molecule has 2 aliphatic rings. The number of hydrogen-bond acceptors (Lipinski definition) is 5. The van der Waals surface area contributed by atoms with Gasteiger partial charge in [0.25, 0.3) is 0 Å². The van der Waals surface area contributed by atoms with Crippen LogP contribution in [0.3, 0.4) is 0 Å². The van der Waals surface area contributed by atoms with Crippen molar-refractivity contribution in [2.75, 3.05) is 31.8 Å². The van der Waals surface area contributed by atoms with Crippen molar-refractivity contribution in [2.24, 2.45) is 0 Å². The van der Waals surface area contributed by atoms with Crippen molar-refractivity contribution in [3.63, 3.8) is 0 Å². The van der Waals surface area contributed by atoms with Crippen molar-refractivity contribution in [3.05, 3.63) is 17.0 Å². The molecule has 3 rings (SSSR count). The predicted molar refractivity (Wildman–Crippen MR) is 94.3 cm³/mol. The Kier molecular flexibility index (Phi) is 5.07. The molecule has 1 aromatic rings. The SMILES string of the molecule is Cc1nn([C@@H]2CCS(=O)(=O)C2)c(C)c1C[NH+](C)CN1C(=O)CCNC1=O. The van der Waals surface area contributed by atoms with Crippen LogP contribution in [0.5, 0.6) is 0 Å². The van der Waals surface area contributed by atoms with Gasteiger partial charge in [-0.15, -0.1) is 0 Å². The van der Waals surface area contributed by atoms with Gasteiger partial charge in [-0.05, 0) is 20.3 Å². The zero-order chi connectivity index (χ0) is 19.1. The van der Waals surface area contributed by atoms with E-state index in [2.05, 4.69) is 10.4 Å². The molecule has 0 saturated carbocycles. The van der Waals surface area contributed by atoms with Crippen LogP contribution in [0.4, 0.5) is 4.79 Å². The maximum Gasteiger partial charge on any atom is 0.328 e. The number of carbonyl (C=O) groups is 2. The summed E-state index contributed by atoms with van der Waals surface area (Å²) < 4.78 is 25.3. The quantitative estimate of drug-likeness (QED) is 0.662. The van der Waals surface area contributed by atoms with E-state index in [-0.39, 0.29) is 36.2 Å². The van der Waals surface area contributed by atoms with Gasteiger partial charge in [-0.1, -0.05) is 0 Å². The van der Waals surface area contributed by atoms with E-state index in [1.54, 1.807) is 0 Å². The molecule has 0 bridgehead atoms. The number of urea groups is 1. The van der Waals surface area contributed by atoms with E-state index in [1.807, 2.05) is 25.6 Å². The molecule has 0 spiro atoms. The summed E-state index contributed by atoms with van der Waals surface area (Å²) in [6, 6.07) is -0.455. The fourth-order valence-corrected chi connectivity index (χ4v) is 5.38. The number of quaternary nitrogens is 1. The van der Waals surface area contributed by atoms with Gasteiger partial charge in [0, 0.05) is 18.7 Å². The van der Waals surface area contributed by atoms with Crippen LogP contribution in [0, 0.1) is 13.8 Å². The smallest absolute Gasteiger partial charge is 0.328 e. The average Bonchev–Trinajstić information content (AvgIpc) is 3.05. The number of rotatable bonds is 5. The number of aryl methyl sites for hydroxylation is 1. The minimum atomic E-state index is -2.97. The fraction of sp³-hybridized carbons (Fsp3) is 0.688. The van der Waals surface area contributed by atoms with Crippen LogP contribution in [-0.2, 0) is 21.2 Å².